The highest BCUT2D eigenvalue weighted by Crippen LogP contribution is 2.52. The second kappa shape index (κ2) is 7.49. The molecule has 0 spiro atoms. The normalized spacial score (nSPS) is 27.3. The third-order valence-corrected chi connectivity index (χ3v) is 7.49. The van der Waals surface area contributed by atoms with Gasteiger partial charge in [-0.25, -0.2) is 4.79 Å². The van der Waals surface area contributed by atoms with Crippen LogP contribution in [0.25, 0.3) is 11.1 Å². The number of fused-ring (bicyclic) bond motifs is 4. The van der Waals surface area contributed by atoms with Crippen molar-refractivity contribution in [3.05, 3.63) is 59.7 Å². The van der Waals surface area contributed by atoms with Crippen molar-refractivity contribution in [1.82, 2.24) is 5.32 Å². The van der Waals surface area contributed by atoms with Crippen molar-refractivity contribution in [2.45, 2.75) is 38.0 Å². The van der Waals surface area contributed by atoms with Crippen molar-refractivity contribution in [1.29, 1.82) is 0 Å². The summed E-state index contributed by atoms with van der Waals surface area (Å²) >= 11 is 0. The fourth-order valence-corrected chi connectivity index (χ4v) is 6.09. The molecule has 5 rings (SSSR count). The molecule has 152 valence electrons. The summed E-state index contributed by atoms with van der Waals surface area (Å²) in [5.74, 6) is 1.53. The predicted molar refractivity (Wildman–Crippen MR) is 113 cm³/mol. The average Bonchev–Trinajstić information content (AvgIpc) is 3.41. The van der Waals surface area contributed by atoms with Crippen LogP contribution in [0.4, 0.5) is 4.79 Å². The summed E-state index contributed by atoms with van der Waals surface area (Å²) in [6, 6.07) is 16.7. The van der Waals surface area contributed by atoms with E-state index in [2.05, 4.69) is 41.7 Å². The van der Waals surface area contributed by atoms with Crippen molar-refractivity contribution in [3.8, 4) is 11.1 Å². The third-order valence-electron chi connectivity index (χ3n) is 7.49. The number of carbonyl (C=O) groups is 1. The molecule has 3 aliphatic rings. The molecule has 0 saturated heterocycles. The fraction of sp³-hybridized carbons (Fsp3) is 0.480. The molecule has 4 heteroatoms. The summed E-state index contributed by atoms with van der Waals surface area (Å²) in [5.41, 5.74) is 4.73. The topological polar surface area (TPSA) is 58.6 Å². The number of alkyl carbamates (subject to hydrolysis) is 1. The van der Waals surface area contributed by atoms with Crippen molar-refractivity contribution in [3.63, 3.8) is 0 Å². The fourth-order valence-electron chi connectivity index (χ4n) is 6.09. The third kappa shape index (κ3) is 3.33. The summed E-state index contributed by atoms with van der Waals surface area (Å²) in [6.45, 7) is 0.980. The molecule has 2 saturated carbocycles. The van der Waals surface area contributed by atoms with Crippen LogP contribution in [0.15, 0.2) is 48.5 Å². The highest BCUT2D eigenvalue weighted by Gasteiger charge is 2.46. The lowest BCUT2D eigenvalue weighted by Gasteiger charge is -2.28. The summed E-state index contributed by atoms with van der Waals surface area (Å²) in [7, 11) is 0. The standard InChI is InChI=1S/C25H29NO3/c27-16-25(12-17-6-5-7-18(17)13-25)15-26-24(28)29-14-23-21-10-3-1-8-19(21)20-9-2-4-11-22(20)23/h1-4,8-11,17-18,23,27H,5-7,12-16H2,(H,26,28). The maximum absolute atomic E-state index is 12.5. The molecule has 0 aliphatic heterocycles. The second-order valence-electron chi connectivity index (χ2n) is 9.20. The SMILES string of the molecule is O=C(NCC1(CO)CC2CCCC2C1)OCC1c2ccccc2-c2ccccc21. The summed E-state index contributed by atoms with van der Waals surface area (Å²) < 4.78 is 5.65. The number of amides is 1. The molecule has 2 atom stereocenters. The Hall–Kier alpha value is -2.33. The molecule has 0 bridgehead atoms. The molecule has 2 aromatic rings. The van der Waals surface area contributed by atoms with E-state index in [0.29, 0.717) is 13.2 Å². The predicted octanol–water partition coefficient (Wildman–Crippen LogP) is 4.71. The number of benzene rings is 2. The van der Waals surface area contributed by atoms with Gasteiger partial charge in [0.1, 0.15) is 6.61 Å². The molecule has 0 heterocycles. The summed E-state index contributed by atoms with van der Waals surface area (Å²) in [4.78, 5) is 12.5. The highest BCUT2D eigenvalue weighted by atomic mass is 16.5. The Labute approximate surface area is 172 Å². The minimum absolute atomic E-state index is 0.0748. The Kier molecular flexibility index (Phi) is 4.83. The van der Waals surface area contributed by atoms with Crippen molar-refractivity contribution in [2.75, 3.05) is 19.8 Å². The average molecular weight is 392 g/mol. The van der Waals surface area contributed by atoms with Gasteiger partial charge in [-0.3, -0.25) is 0 Å². The van der Waals surface area contributed by atoms with Crippen LogP contribution in [0.3, 0.4) is 0 Å². The lowest BCUT2D eigenvalue weighted by Crippen LogP contribution is -2.39. The maximum atomic E-state index is 12.5. The van der Waals surface area contributed by atoms with Gasteiger partial charge in [0.15, 0.2) is 0 Å². The number of nitrogens with one attached hydrogen (secondary N) is 1. The van der Waals surface area contributed by atoms with E-state index in [-0.39, 0.29) is 24.0 Å². The second-order valence-corrected chi connectivity index (χ2v) is 9.20. The van der Waals surface area contributed by atoms with E-state index < -0.39 is 0 Å². The molecule has 2 aromatic carbocycles. The largest absolute Gasteiger partial charge is 0.449 e. The Morgan fingerprint density at radius 1 is 1.00 bits per heavy atom. The first-order chi connectivity index (χ1) is 14.2. The van der Waals surface area contributed by atoms with Gasteiger partial charge in [-0.05, 0) is 46.9 Å². The molecule has 2 N–H and O–H groups in total. The lowest BCUT2D eigenvalue weighted by molar-refractivity contribution is 0.105. The smallest absolute Gasteiger partial charge is 0.407 e. The van der Waals surface area contributed by atoms with Crippen molar-refractivity contribution in [2.24, 2.45) is 17.3 Å². The number of carbonyl (C=O) groups excluding carboxylic acids is 1. The number of aliphatic hydroxyl groups is 1. The van der Waals surface area contributed by atoms with Crippen LogP contribution in [0.5, 0.6) is 0 Å². The summed E-state index contributed by atoms with van der Waals surface area (Å²) in [6.07, 6.45) is 5.54. The molecule has 3 aliphatic carbocycles. The molecular formula is C25H29NO3. The van der Waals surface area contributed by atoms with Gasteiger partial charge in [-0.2, -0.15) is 0 Å². The molecule has 0 radical (unpaired) electrons. The van der Waals surface area contributed by atoms with Crippen LogP contribution in [-0.4, -0.2) is 31.0 Å². The van der Waals surface area contributed by atoms with Crippen LogP contribution in [0.2, 0.25) is 0 Å². The van der Waals surface area contributed by atoms with Gasteiger partial charge >= 0.3 is 6.09 Å². The molecule has 0 aromatic heterocycles. The Balaban J connectivity index is 1.21. The van der Waals surface area contributed by atoms with Crippen LogP contribution in [0, 0.1) is 17.3 Å². The van der Waals surface area contributed by atoms with Crippen molar-refractivity contribution < 1.29 is 14.6 Å². The first kappa shape index (κ1) is 18.7. The number of rotatable bonds is 5. The minimum Gasteiger partial charge on any atom is -0.449 e. The summed E-state index contributed by atoms with van der Waals surface area (Å²) in [5, 5.41) is 13.0. The molecular weight excluding hydrogens is 362 g/mol. The van der Waals surface area contributed by atoms with Gasteiger partial charge in [0.25, 0.3) is 0 Å². The Morgan fingerprint density at radius 3 is 2.17 bits per heavy atom. The van der Waals surface area contributed by atoms with Crippen LogP contribution < -0.4 is 5.32 Å². The van der Waals surface area contributed by atoms with Gasteiger partial charge in [-0.15, -0.1) is 0 Å². The zero-order valence-corrected chi connectivity index (χ0v) is 16.8. The maximum Gasteiger partial charge on any atom is 0.407 e. The van der Waals surface area contributed by atoms with Crippen LogP contribution in [-0.2, 0) is 4.74 Å². The van der Waals surface area contributed by atoms with E-state index in [4.69, 9.17) is 4.74 Å². The number of ether oxygens (including phenoxy) is 1. The molecule has 1 amide bonds. The van der Waals surface area contributed by atoms with Crippen LogP contribution >= 0.6 is 0 Å². The molecule has 4 nitrogen and oxygen atoms in total. The van der Waals surface area contributed by atoms with Gasteiger partial charge < -0.3 is 15.2 Å². The zero-order valence-electron chi connectivity index (χ0n) is 16.8. The number of hydrogen-bond acceptors (Lipinski definition) is 3. The van der Waals surface area contributed by atoms with Crippen molar-refractivity contribution >= 4 is 6.09 Å². The van der Waals surface area contributed by atoms with E-state index in [0.717, 1.165) is 24.7 Å². The van der Waals surface area contributed by atoms with E-state index >= 15 is 0 Å². The van der Waals surface area contributed by atoms with Gasteiger partial charge in [-0.1, -0.05) is 67.8 Å². The van der Waals surface area contributed by atoms with Gasteiger partial charge in [0, 0.05) is 17.9 Å². The number of hydrogen-bond donors (Lipinski definition) is 2. The van der Waals surface area contributed by atoms with Gasteiger partial charge in [0.05, 0.1) is 6.61 Å². The van der Waals surface area contributed by atoms with E-state index in [9.17, 15) is 9.90 Å². The first-order valence-electron chi connectivity index (χ1n) is 10.9. The molecule has 29 heavy (non-hydrogen) atoms. The quantitative estimate of drug-likeness (QED) is 0.776. The Morgan fingerprint density at radius 2 is 1.59 bits per heavy atom. The number of aliphatic hydroxyl groups excluding tert-OH is 1. The lowest BCUT2D eigenvalue weighted by atomic mass is 9.84. The van der Waals surface area contributed by atoms with E-state index in [1.165, 1.54) is 41.5 Å². The zero-order chi connectivity index (χ0) is 19.8. The van der Waals surface area contributed by atoms with E-state index in [1.807, 2.05) is 12.1 Å². The first-order valence-corrected chi connectivity index (χ1v) is 10.9. The molecule has 2 unspecified atom stereocenters. The minimum atomic E-state index is -0.378. The molecule has 2 fully saturated rings. The van der Waals surface area contributed by atoms with Crippen LogP contribution in [0.1, 0.15) is 49.1 Å². The monoisotopic (exact) mass is 391 g/mol. The van der Waals surface area contributed by atoms with Gasteiger partial charge in [0.2, 0.25) is 0 Å². The van der Waals surface area contributed by atoms with E-state index in [1.54, 1.807) is 0 Å². The Bertz CT molecular complexity index is 851. The highest BCUT2D eigenvalue weighted by molar-refractivity contribution is 5.79.